The predicted molar refractivity (Wildman–Crippen MR) is 127 cm³/mol. The van der Waals surface area contributed by atoms with E-state index in [1.807, 2.05) is 17.0 Å². The second-order valence-electron chi connectivity index (χ2n) is 8.47. The first-order chi connectivity index (χ1) is 15.6. The summed E-state index contributed by atoms with van der Waals surface area (Å²) >= 11 is 1.65. The van der Waals surface area contributed by atoms with Crippen LogP contribution < -0.4 is 15.2 Å². The molecule has 7 nitrogen and oxygen atoms in total. The first-order valence-corrected chi connectivity index (χ1v) is 12.1. The molecule has 5 rings (SSSR count). The van der Waals surface area contributed by atoms with Crippen molar-refractivity contribution in [1.82, 2.24) is 14.9 Å². The number of rotatable bonds is 5. The van der Waals surface area contributed by atoms with E-state index in [0.717, 1.165) is 54.0 Å². The number of aromatic amines is 1. The third-order valence-corrected chi connectivity index (χ3v) is 7.71. The molecule has 0 saturated carbocycles. The highest BCUT2D eigenvalue weighted by Gasteiger charge is 2.23. The number of hydrogen-bond donors (Lipinski definition) is 1. The minimum Gasteiger partial charge on any atom is -0.497 e. The lowest BCUT2D eigenvalue weighted by molar-refractivity contribution is -0.131. The van der Waals surface area contributed by atoms with Gasteiger partial charge in [0, 0.05) is 49.6 Å². The van der Waals surface area contributed by atoms with Crippen molar-refractivity contribution in [1.29, 1.82) is 0 Å². The van der Waals surface area contributed by atoms with E-state index in [0.29, 0.717) is 31.8 Å². The average Bonchev–Trinajstić information content (AvgIpc) is 3.21. The van der Waals surface area contributed by atoms with Gasteiger partial charge in [0.25, 0.3) is 5.56 Å². The summed E-state index contributed by atoms with van der Waals surface area (Å²) in [6.45, 7) is 3.01. The summed E-state index contributed by atoms with van der Waals surface area (Å²) in [5, 5.41) is 0.773. The largest absolute Gasteiger partial charge is 0.497 e. The highest BCUT2D eigenvalue weighted by atomic mass is 32.1. The molecule has 0 bridgehead atoms. The van der Waals surface area contributed by atoms with E-state index in [9.17, 15) is 9.59 Å². The second kappa shape index (κ2) is 8.94. The molecule has 168 valence electrons. The number of amides is 1. The van der Waals surface area contributed by atoms with Crippen LogP contribution in [-0.2, 0) is 24.1 Å². The fourth-order valence-corrected chi connectivity index (χ4v) is 6.00. The SMILES string of the molecule is COc1ccc(N2CCN(C(=O)CCc3nc4sc5c(c4c(=O)[nH]3)CCCC5)CC2)cc1. The Hall–Kier alpha value is -2.87. The number of hydrogen-bond acceptors (Lipinski definition) is 6. The molecule has 2 aliphatic rings. The van der Waals surface area contributed by atoms with Crippen molar-refractivity contribution in [2.45, 2.75) is 38.5 Å². The molecular formula is C24H28N4O3S. The zero-order valence-electron chi connectivity index (χ0n) is 18.4. The number of fused-ring (bicyclic) bond motifs is 3. The van der Waals surface area contributed by atoms with Crippen LogP contribution >= 0.6 is 11.3 Å². The molecule has 0 unspecified atom stereocenters. The topological polar surface area (TPSA) is 78.5 Å². The van der Waals surface area contributed by atoms with Gasteiger partial charge in [-0.25, -0.2) is 4.98 Å². The number of benzene rings is 1. The zero-order chi connectivity index (χ0) is 22.1. The van der Waals surface area contributed by atoms with Gasteiger partial charge in [0.1, 0.15) is 16.4 Å². The summed E-state index contributed by atoms with van der Waals surface area (Å²) in [4.78, 5) is 39.4. The van der Waals surface area contributed by atoms with E-state index < -0.39 is 0 Å². The number of aryl methyl sites for hydroxylation is 3. The summed E-state index contributed by atoms with van der Waals surface area (Å²) < 4.78 is 5.22. The van der Waals surface area contributed by atoms with Gasteiger partial charge in [-0.2, -0.15) is 0 Å². The zero-order valence-corrected chi connectivity index (χ0v) is 19.2. The van der Waals surface area contributed by atoms with Crippen molar-refractivity contribution in [2.75, 3.05) is 38.2 Å². The number of carbonyl (C=O) groups excluding carboxylic acids is 1. The number of H-pyrrole nitrogens is 1. The maximum absolute atomic E-state index is 12.8. The number of carbonyl (C=O) groups is 1. The van der Waals surface area contributed by atoms with E-state index >= 15 is 0 Å². The van der Waals surface area contributed by atoms with E-state index in [1.54, 1.807) is 18.4 Å². The molecule has 1 N–H and O–H groups in total. The van der Waals surface area contributed by atoms with Gasteiger partial charge in [0.15, 0.2) is 0 Å². The summed E-state index contributed by atoms with van der Waals surface area (Å²) in [6, 6.07) is 8.02. The fourth-order valence-electron chi connectivity index (χ4n) is 4.72. The summed E-state index contributed by atoms with van der Waals surface area (Å²) in [5.74, 6) is 1.58. The number of nitrogens with zero attached hydrogens (tertiary/aromatic N) is 3. The molecule has 1 aliphatic carbocycles. The predicted octanol–water partition coefficient (Wildman–Crippen LogP) is 3.15. The van der Waals surface area contributed by atoms with Crippen LogP contribution in [0.2, 0.25) is 0 Å². The van der Waals surface area contributed by atoms with Crippen molar-refractivity contribution in [3.05, 3.63) is 50.9 Å². The highest BCUT2D eigenvalue weighted by molar-refractivity contribution is 7.18. The summed E-state index contributed by atoms with van der Waals surface area (Å²) in [6.07, 6.45) is 5.17. The Morgan fingerprint density at radius 1 is 1.12 bits per heavy atom. The van der Waals surface area contributed by atoms with Crippen LogP contribution in [0, 0.1) is 0 Å². The number of methoxy groups -OCH3 is 1. The van der Waals surface area contributed by atoms with E-state index in [2.05, 4.69) is 22.0 Å². The van der Waals surface area contributed by atoms with Gasteiger partial charge in [-0.3, -0.25) is 9.59 Å². The summed E-state index contributed by atoms with van der Waals surface area (Å²) in [7, 11) is 1.66. The average molecular weight is 453 g/mol. The van der Waals surface area contributed by atoms with Gasteiger partial charge < -0.3 is 19.5 Å². The standard InChI is InChI=1S/C24H28N4O3S/c1-31-17-8-6-16(7-9-17)27-12-14-28(15-13-27)21(29)11-10-20-25-23(30)22-18-4-2-3-5-19(18)32-24(22)26-20/h6-9H,2-5,10-15H2,1H3,(H,25,26,30). The number of piperazine rings is 1. The molecule has 1 saturated heterocycles. The van der Waals surface area contributed by atoms with Crippen molar-refractivity contribution < 1.29 is 9.53 Å². The molecule has 0 radical (unpaired) electrons. The molecule has 8 heteroatoms. The molecule has 3 aromatic rings. The number of aromatic nitrogens is 2. The smallest absolute Gasteiger partial charge is 0.259 e. The van der Waals surface area contributed by atoms with Crippen LogP contribution in [0.5, 0.6) is 5.75 Å². The molecule has 2 aromatic heterocycles. The van der Waals surface area contributed by atoms with Gasteiger partial charge >= 0.3 is 0 Å². The van der Waals surface area contributed by atoms with Gasteiger partial charge in [-0.15, -0.1) is 11.3 Å². The van der Waals surface area contributed by atoms with Crippen molar-refractivity contribution in [2.24, 2.45) is 0 Å². The van der Waals surface area contributed by atoms with Gasteiger partial charge in [0.05, 0.1) is 12.5 Å². The maximum atomic E-state index is 12.8. The molecule has 3 heterocycles. The quantitative estimate of drug-likeness (QED) is 0.643. The van der Waals surface area contributed by atoms with E-state index in [-0.39, 0.29) is 11.5 Å². The first kappa shape index (κ1) is 21.0. The fraction of sp³-hybridized carbons (Fsp3) is 0.458. The Balaban J connectivity index is 1.19. The number of thiophene rings is 1. The Bertz CT molecular complexity index is 1180. The maximum Gasteiger partial charge on any atom is 0.259 e. The number of ether oxygens (including phenoxy) is 1. The molecular weight excluding hydrogens is 424 g/mol. The van der Waals surface area contributed by atoms with Gasteiger partial charge in [-0.05, 0) is 55.5 Å². The van der Waals surface area contributed by atoms with E-state index in [4.69, 9.17) is 9.72 Å². The Kier molecular flexibility index (Phi) is 5.87. The number of anilines is 1. The van der Waals surface area contributed by atoms with Crippen LogP contribution in [0.1, 0.15) is 35.5 Å². The van der Waals surface area contributed by atoms with Crippen LogP contribution in [-0.4, -0.2) is 54.1 Å². The second-order valence-corrected chi connectivity index (χ2v) is 9.55. The van der Waals surface area contributed by atoms with Gasteiger partial charge in [-0.1, -0.05) is 0 Å². The normalized spacial score (nSPS) is 16.3. The molecule has 1 aromatic carbocycles. The minimum absolute atomic E-state index is 0.0510. The highest BCUT2D eigenvalue weighted by Crippen LogP contribution is 2.33. The molecule has 32 heavy (non-hydrogen) atoms. The van der Waals surface area contributed by atoms with Crippen LogP contribution in [0.4, 0.5) is 5.69 Å². The Morgan fingerprint density at radius 3 is 2.62 bits per heavy atom. The molecule has 0 spiro atoms. The third kappa shape index (κ3) is 4.11. The van der Waals surface area contributed by atoms with Crippen molar-refractivity contribution >= 4 is 33.1 Å². The van der Waals surface area contributed by atoms with Crippen LogP contribution in [0.15, 0.2) is 29.1 Å². The lowest BCUT2D eigenvalue weighted by Crippen LogP contribution is -2.48. The van der Waals surface area contributed by atoms with Crippen molar-refractivity contribution in [3.8, 4) is 5.75 Å². The minimum atomic E-state index is -0.0510. The molecule has 1 fully saturated rings. The third-order valence-electron chi connectivity index (χ3n) is 6.52. The lowest BCUT2D eigenvalue weighted by atomic mass is 9.97. The Morgan fingerprint density at radius 2 is 1.88 bits per heavy atom. The molecule has 0 atom stereocenters. The Labute approximate surface area is 191 Å². The van der Waals surface area contributed by atoms with Crippen molar-refractivity contribution in [3.63, 3.8) is 0 Å². The van der Waals surface area contributed by atoms with Crippen LogP contribution in [0.3, 0.4) is 0 Å². The lowest BCUT2D eigenvalue weighted by Gasteiger charge is -2.36. The first-order valence-electron chi connectivity index (χ1n) is 11.3. The van der Waals surface area contributed by atoms with Gasteiger partial charge in [0.2, 0.25) is 5.91 Å². The van der Waals surface area contributed by atoms with Crippen LogP contribution in [0.25, 0.3) is 10.2 Å². The summed E-state index contributed by atoms with van der Waals surface area (Å²) in [5.41, 5.74) is 2.29. The molecule has 1 aliphatic heterocycles. The molecule has 1 amide bonds. The van der Waals surface area contributed by atoms with E-state index in [1.165, 1.54) is 16.9 Å². The monoisotopic (exact) mass is 452 g/mol. The number of nitrogens with one attached hydrogen (secondary N) is 1.